The standard InChI is InChI=1S/C15H12N4O2.C7H8O3S/c1-19-7-6-10(11-4-2-3-5-12(11)19)9-16-13-8-14(20)18-15(21)17-13;1-6-2-4-7(5-3-6)11(8,9)10/h2-9H,1H3,(H-,17,18,20,21);2-5H,1H3,(H,8,9,10). The zero-order chi connectivity index (χ0) is 23.3. The summed E-state index contributed by atoms with van der Waals surface area (Å²) in [5.74, 6) is 0.223. The van der Waals surface area contributed by atoms with E-state index in [1.54, 1.807) is 18.3 Å². The zero-order valence-electron chi connectivity index (χ0n) is 17.3. The fourth-order valence-electron chi connectivity index (χ4n) is 2.87. The summed E-state index contributed by atoms with van der Waals surface area (Å²) in [7, 11) is -2.30. The van der Waals surface area contributed by atoms with Crippen LogP contribution < -0.4 is 15.8 Å². The summed E-state index contributed by atoms with van der Waals surface area (Å²) in [5.41, 5.74) is 1.86. The van der Waals surface area contributed by atoms with Crippen LogP contribution in [0.4, 0.5) is 5.82 Å². The van der Waals surface area contributed by atoms with Crippen molar-refractivity contribution in [1.82, 2.24) is 9.97 Å². The maximum Gasteiger partial charge on any atom is 0.327 e. The van der Waals surface area contributed by atoms with Gasteiger partial charge in [0.1, 0.15) is 23.0 Å². The molecule has 0 fully saturated rings. The lowest BCUT2D eigenvalue weighted by molar-refractivity contribution is -0.644. The summed E-state index contributed by atoms with van der Waals surface area (Å²) in [6, 6.07) is 16.9. The molecule has 0 aliphatic rings. The molecule has 2 heterocycles. The van der Waals surface area contributed by atoms with E-state index >= 15 is 0 Å². The van der Waals surface area contributed by atoms with Crippen LogP contribution in [0.25, 0.3) is 10.9 Å². The molecule has 0 aliphatic carbocycles. The molecule has 0 spiro atoms. The Balaban J connectivity index is 0.000000222. The summed E-state index contributed by atoms with van der Waals surface area (Å²) in [6.07, 6.45) is 3.57. The zero-order valence-corrected chi connectivity index (χ0v) is 18.1. The third-order valence-corrected chi connectivity index (χ3v) is 5.32. The molecule has 0 bridgehead atoms. The van der Waals surface area contributed by atoms with Crippen LogP contribution in [0.15, 0.2) is 86.3 Å². The van der Waals surface area contributed by atoms with Gasteiger partial charge in [0.2, 0.25) is 5.52 Å². The Morgan fingerprint density at radius 3 is 2.34 bits per heavy atom. The number of para-hydroxylation sites is 1. The van der Waals surface area contributed by atoms with Crippen molar-refractivity contribution < 1.29 is 17.5 Å². The Morgan fingerprint density at radius 2 is 1.69 bits per heavy atom. The van der Waals surface area contributed by atoms with Crippen molar-refractivity contribution in [1.29, 1.82) is 0 Å². The Labute approximate surface area is 183 Å². The minimum Gasteiger partial charge on any atom is -0.744 e. The predicted octanol–water partition coefficient (Wildman–Crippen LogP) is 1.69. The average molecular weight is 452 g/mol. The number of hydrogen-bond acceptors (Lipinski definition) is 6. The van der Waals surface area contributed by atoms with E-state index in [1.807, 2.05) is 55.1 Å². The van der Waals surface area contributed by atoms with Gasteiger partial charge in [0.15, 0.2) is 6.20 Å². The highest BCUT2D eigenvalue weighted by atomic mass is 32.2. The quantitative estimate of drug-likeness (QED) is 0.277. The third-order valence-electron chi connectivity index (χ3n) is 4.47. The highest BCUT2D eigenvalue weighted by Crippen LogP contribution is 2.14. The number of H-pyrrole nitrogens is 2. The van der Waals surface area contributed by atoms with E-state index in [2.05, 4.69) is 15.0 Å². The number of aryl methyl sites for hydroxylation is 2. The van der Waals surface area contributed by atoms with E-state index < -0.39 is 21.4 Å². The van der Waals surface area contributed by atoms with Crippen molar-refractivity contribution in [2.24, 2.45) is 12.0 Å². The molecular weight excluding hydrogens is 432 g/mol. The summed E-state index contributed by atoms with van der Waals surface area (Å²) in [4.78, 5) is 31.0. The monoisotopic (exact) mass is 452 g/mol. The van der Waals surface area contributed by atoms with E-state index in [9.17, 15) is 22.6 Å². The highest BCUT2D eigenvalue weighted by molar-refractivity contribution is 7.85. The second-order valence-electron chi connectivity index (χ2n) is 6.90. The first kappa shape index (κ1) is 22.8. The number of fused-ring (bicyclic) bond motifs is 1. The van der Waals surface area contributed by atoms with Crippen LogP contribution in [0.3, 0.4) is 0 Å². The van der Waals surface area contributed by atoms with Gasteiger partial charge in [0, 0.05) is 30.0 Å². The van der Waals surface area contributed by atoms with Crippen molar-refractivity contribution in [3.8, 4) is 0 Å². The van der Waals surface area contributed by atoms with Crippen LogP contribution in [0.1, 0.15) is 11.1 Å². The largest absolute Gasteiger partial charge is 0.744 e. The molecule has 4 aromatic rings. The fourth-order valence-corrected chi connectivity index (χ4v) is 3.34. The molecule has 2 N–H and O–H groups in total. The minimum atomic E-state index is -4.27. The SMILES string of the molecule is C[n+]1ccc(C=Nc2cc(=O)[nH]c(=O)[nH]2)c2ccccc21.Cc1ccc(S(=O)(=O)[O-])cc1. The highest BCUT2D eigenvalue weighted by Gasteiger charge is 2.07. The summed E-state index contributed by atoms with van der Waals surface area (Å²) in [5, 5.41) is 1.04. The number of aromatic nitrogens is 3. The number of pyridine rings is 1. The lowest BCUT2D eigenvalue weighted by Crippen LogP contribution is -2.28. The fraction of sp³-hybridized carbons (Fsp3) is 0.0909. The molecule has 0 aliphatic heterocycles. The number of benzene rings is 2. The second kappa shape index (κ2) is 9.50. The first-order valence-electron chi connectivity index (χ1n) is 9.41. The molecule has 32 heavy (non-hydrogen) atoms. The Kier molecular flexibility index (Phi) is 6.76. The van der Waals surface area contributed by atoms with Crippen molar-refractivity contribution in [2.75, 3.05) is 0 Å². The van der Waals surface area contributed by atoms with Gasteiger partial charge < -0.3 is 4.55 Å². The number of nitrogens with one attached hydrogen (secondary N) is 2. The second-order valence-corrected chi connectivity index (χ2v) is 8.28. The van der Waals surface area contributed by atoms with Crippen LogP contribution in [-0.2, 0) is 17.2 Å². The number of hydrogen-bond donors (Lipinski definition) is 2. The lowest BCUT2D eigenvalue weighted by atomic mass is 10.1. The molecule has 0 radical (unpaired) electrons. The van der Waals surface area contributed by atoms with Crippen LogP contribution in [0, 0.1) is 6.92 Å². The van der Waals surface area contributed by atoms with Gasteiger partial charge in [0.25, 0.3) is 5.56 Å². The number of aromatic amines is 2. The van der Waals surface area contributed by atoms with E-state index in [4.69, 9.17) is 0 Å². The first-order valence-corrected chi connectivity index (χ1v) is 10.8. The van der Waals surface area contributed by atoms with E-state index in [0.717, 1.165) is 22.0 Å². The molecule has 2 aromatic heterocycles. The molecule has 2 aromatic carbocycles. The van der Waals surface area contributed by atoms with Crippen LogP contribution >= 0.6 is 0 Å². The summed E-state index contributed by atoms with van der Waals surface area (Å²) in [6.45, 7) is 1.82. The van der Waals surface area contributed by atoms with E-state index in [1.165, 1.54) is 18.2 Å². The van der Waals surface area contributed by atoms with Crippen LogP contribution in [-0.4, -0.2) is 29.2 Å². The summed E-state index contributed by atoms with van der Waals surface area (Å²) < 4.78 is 33.2. The maximum absolute atomic E-state index is 11.2. The lowest BCUT2D eigenvalue weighted by Gasteiger charge is -2.05. The van der Waals surface area contributed by atoms with Gasteiger partial charge >= 0.3 is 5.69 Å². The van der Waals surface area contributed by atoms with Gasteiger partial charge in [-0.15, -0.1) is 0 Å². The molecule has 0 saturated heterocycles. The predicted molar refractivity (Wildman–Crippen MR) is 119 cm³/mol. The third kappa shape index (κ3) is 5.84. The molecule has 9 nitrogen and oxygen atoms in total. The van der Waals surface area contributed by atoms with Gasteiger partial charge in [-0.05, 0) is 25.1 Å². The van der Waals surface area contributed by atoms with E-state index in [0.29, 0.717) is 0 Å². The van der Waals surface area contributed by atoms with Gasteiger partial charge in [-0.3, -0.25) is 14.8 Å². The summed E-state index contributed by atoms with van der Waals surface area (Å²) >= 11 is 0. The Hall–Kier alpha value is -3.89. The van der Waals surface area contributed by atoms with Gasteiger partial charge in [-0.2, -0.15) is 0 Å². The molecule has 10 heteroatoms. The van der Waals surface area contributed by atoms with Crippen molar-refractivity contribution in [3.63, 3.8) is 0 Å². The minimum absolute atomic E-state index is 0.178. The Bertz CT molecular complexity index is 1480. The number of nitrogens with zero attached hydrogens (tertiary/aromatic N) is 2. The average Bonchev–Trinajstić information content (AvgIpc) is 2.73. The molecule has 164 valence electrons. The Morgan fingerprint density at radius 1 is 1.00 bits per heavy atom. The van der Waals surface area contributed by atoms with Gasteiger partial charge in [0.05, 0.1) is 10.3 Å². The molecular formula is C22H20N4O5S. The van der Waals surface area contributed by atoms with Crippen molar-refractivity contribution >= 4 is 33.1 Å². The van der Waals surface area contributed by atoms with Crippen molar-refractivity contribution in [2.45, 2.75) is 11.8 Å². The van der Waals surface area contributed by atoms with Gasteiger partial charge in [-0.25, -0.2) is 22.8 Å². The topological polar surface area (TPSA) is 139 Å². The first-order chi connectivity index (χ1) is 15.1. The molecule has 4 rings (SSSR count). The van der Waals surface area contributed by atoms with E-state index in [-0.39, 0.29) is 10.7 Å². The van der Waals surface area contributed by atoms with Crippen molar-refractivity contribution in [3.05, 3.63) is 98.8 Å². The van der Waals surface area contributed by atoms with Crippen LogP contribution in [0.2, 0.25) is 0 Å². The molecule has 0 unspecified atom stereocenters. The van der Waals surface area contributed by atoms with Crippen LogP contribution in [0.5, 0.6) is 0 Å². The normalized spacial score (nSPS) is 11.3. The number of aliphatic imine (C=N–C) groups is 1. The maximum atomic E-state index is 11.2. The van der Waals surface area contributed by atoms with Gasteiger partial charge in [-0.1, -0.05) is 29.8 Å². The molecule has 0 amide bonds. The molecule has 0 saturated carbocycles. The smallest absolute Gasteiger partial charge is 0.327 e. The number of rotatable bonds is 3. The molecule has 0 atom stereocenters.